The normalized spacial score (nSPS) is 13.7. The van der Waals surface area contributed by atoms with E-state index in [1.807, 2.05) is 80.0 Å². The van der Waals surface area contributed by atoms with E-state index in [4.69, 9.17) is 19.1 Å². The maximum atomic E-state index is 6.51. The van der Waals surface area contributed by atoms with Crippen molar-refractivity contribution in [3.05, 3.63) is 139 Å². The monoisotopic (exact) mass is 598 g/mol. The van der Waals surface area contributed by atoms with Crippen LogP contribution in [0.1, 0.15) is 25.0 Å². The Labute approximate surface area is 266 Å². The molecule has 3 aromatic heterocycles. The van der Waals surface area contributed by atoms with Crippen molar-refractivity contribution < 1.29 is 9.15 Å². The predicted molar refractivity (Wildman–Crippen MR) is 185 cm³/mol. The molecular weight excluding hydrogens is 568 g/mol. The van der Waals surface area contributed by atoms with Gasteiger partial charge in [0, 0.05) is 52.7 Å². The van der Waals surface area contributed by atoms with Gasteiger partial charge in [-0.25, -0.2) is 9.97 Å². The number of ether oxygens (including phenoxy) is 1. The molecule has 0 atom stereocenters. The highest BCUT2D eigenvalue weighted by Gasteiger charge is 2.38. The number of hydrogen-bond donors (Lipinski definition) is 0. The summed E-state index contributed by atoms with van der Waals surface area (Å²) in [7, 11) is 2.05. The van der Waals surface area contributed by atoms with Gasteiger partial charge in [-0.3, -0.25) is 4.90 Å². The van der Waals surface area contributed by atoms with Crippen LogP contribution in [-0.2, 0) is 12.5 Å². The molecule has 6 nitrogen and oxygen atoms in total. The Kier molecular flexibility index (Phi) is 5.66. The number of furan rings is 1. The molecule has 4 heterocycles. The molecule has 0 amide bonds. The fraction of sp³-hybridized carbons (Fsp3) is 0.100. The highest BCUT2D eigenvalue weighted by molar-refractivity contribution is 6.07. The van der Waals surface area contributed by atoms with Gasteiger partial charge in [-0.2, -0.15) is 0 Å². The van der Waals surface area contributed by atoms with Crippen molar-refractivity contribution in [1.29, 1.82) is 0 Å². The molecule has 0 radical (unpaired) electrons. The van der Waals surface area contributed by atoms with Crippen LogP contribution in [0, 0.1) is 0 Å². The van der Waals surface area contributed by atoms with Gasteiger partial charge in [0.2, 0.25) is 0 Å². The first-order valence-electron chi connectivity index (χ1n) is 15.5. The summed E-state index contributed by atoms with van der Waals surface area (Å²) in [5.41, 5.74) is 8.90. The summed E-state index contributed by atoms with van der Waals surface area (Å²) in [6.45, 7) is 4.55. The van der Waals surface area contributed by atoms with Crippen LogP contribution in [0.2, 0.25) is 0 Å². The number of benzene rings is 5. The second-order valence-corrected chi connectivity index (χ2v) is 12.4. The lowest BCUT2D eigenvalue weighted by molar-refractivity contribution is 0.483. The molecule has 1 aliphatic rings. The third-order valence-corrected chi connectivity index (χ3v) is 9.27. The minimum atomic E-state index is -0.272. The Morgan fingerprint density at radius 3 is 2.39 bits per heavy atom. The molecule has 46 heavy (non-hydrogen) atoms. The molecule has 0 unspecified atom stereocenters. The van der Waals surface area contributed by atoms with Crippen LogP contribution in [0.15, 0.2) is 132 Å². The summed E-state index contributed by atoms with van der Waals surface area (Å²) in [5.74, 6) is 3.27. The highest BCUT2D eigenvalue weighted by atomic mass is 16.5. The van der Waals surface area contributed by atoms with E-state index in [1.165, 1.54) is 5.56 Å². The molecule has 0 saturated carbocycles. The van der Waals surface area contributed by atoms with E-state index in [0.29, 0.717) is 0 Å². The van der Waals surface area contributed by atoms with Gasteiger partial charge in [0.1, 0.15) is 34.3 Å². The van der Waals surface area contributed by atoms with E-state index in [-0.39, 0.29) is 5.41 Å². The largest absolute Gasteiger partial charge is 0.457 e. The maximum absolute atomic E-state index is 6.51. The molecule has 5 aromatic carbocycles. The number of para-hydroxylation sites is 3. The molecule has 222 valence electrons. The Bertz CT molecular complexity index is 2470. The smallest absolute Gasteiger partial charge is 0.141 e. The van der Waals surface area contributed by atoms with Gasteiger partial charge in [0.05, 0.1) is 22.4 Å². The van der Waals surface area contributed by atoms with Crippen LogP contribution in [0.3, 0.4) is 0 Å². The van der Waals surface area contributed by atoms with Crippen LogP contribution >= 0.6 is 0 Å². The number of pyridine rings is 1. The van der Waals surface area contributed by atoms with Gasteiger partial charge in [-0.1, -0.05) is 68.4 Å². The molecule has 0 aliphatic carbocycles. The van der Waals surface area contributed by atoms with Crippen LogP contribution in [0.25, 0.3) is 44.4 Å². The first-order valence-corrected chi connectivity index (χ1v) is 15.5. The number of hydrogen-bond acceptors (Lipinski definition) is 5. The van der Waals surface area contributed by atoms with Crippen LogP contribution in [0.5, 0.6) is 11.5 Å². The van der Waals surface area contributed by atoms with Gasteiger partial charge in [-0.05, 0) is 60.2 Å². The number of nitrogens with zero attached hydrogens (tertiary/aromatic N) is 4. The number of aryl methyl sites for hydroxylation is 1. The minimum Gasteiger partial charge on any atom is -0.457 e. The standard InChI is InChI=1S/C40H30N4O2/c1-40(2)31-16-10-20-41-39(31)44(35-24-37-30(23-32(35)40)29-15-4-7-19-36(29)46-37)26-12-9-14-28(22-26)45-27-13-8-11-25(21-27)38-42-33-17-5-6-18-34(33)43(38)3/h4-24H,1-3H3. The second-order valence-electron chi connectivity index (χ2n) is 12.4. The molecule has 9 rings (SSSR count). The molecule has 0 bridgehead atoms. The second kappa shape index (κ2) is 9.81. The van der Waals surface area contributed by atoms with Crippen molar-refractivity contribution in [3.63, 3.8) is 0 Å². The molecule has 8 aromatic rings. The van der Waals surface area contributed by atoms with Gasteiger partial charge < -0.3 is 13.7 Å². The zero-order chi connectivity index (χ0) is 31.0. The van der Waals surface area contributed by atoms with Crippen LogP contribution in [-0.4, -0.2) is 14.5 Å². The third-order valence-electron chi connectivity index (χ3n) is 9.27. The van der Waals surface area contributed by atoms with E-state index < -0.39 is 0 Å². The fourth-order valence-electron chi connectivity index (χ4n) is 6.95. The van der Waals surface area contributed by atoms with E-state index in [9.17, 15) is 0 Å². The SMILES string of the molecule is Cn1c(-c2cccc(Oc3cccc(N4c5cc6oc7ccccc7c6cc5C(C)(C)c5cccnc54)c3)c2)nc2ccccc21. The summed E-state index contributed by atoms with van der Waals surface area (Å²) in [6.07, 6.45) is 1.86. The number of imidazole rings is 1. The molecule has 0 fully saturated rings. The van der Waals surface area contributed by atoms with Gasteiger partial charge in [0.25, 0.3) is 0 Å². The molecule has 0 spiro atoms. The van der Waals surface area contributed by atoms with E-state index in [2.05, 4.69) is 77.9 Å². The average Bonchev–Trinajstić information content (AvgIpc) is 3.62. The summed E-state index contributed by atoms with van der Waals surface area (Å²) >= 11 is 0. The van der Waals surface area contributed by atoms with E-state index in [1.54, 1.807) is 0 Å². The molecule has 0 N–H and O–H groups in total. The molecular formula is C40H30N4O2. The summed E-state index contributed by atoms with van der Waals surface area (Å²) in [6, 6.07) is 41.4. The van der Waals surface area contributed by atoms with Crippen molar-refractivity contribution in [2.75, 3.05) is 4.90 Å². The summed E-state index contributed by atoms with van der Waals surface area (Å²) in [5, 5.41) is 2.24. The Morgan fingerprint density at radius 2 is 1.50 bits per heavy atom. The number of aromatic nitrogens is 3. The number of fused-ring (bicyclic) bond motifs is 6. The average molecular weight is 599 g/mol. The van der Waals surface area contributed by atoms with Crippen molar-refractivity contribution in [3.8, 4) is 22.9 Å². The number of anilines is 3. The predicted octanol–water partition coefficient (Wildman–Crippen LogP) is 10.4. The number of rotatable bonds is 4. The van der Waals surface area contributed by atoms with Crippen LogP contribution < -0.4 is 9.64 Å². The lowest BCUT2D eigenvalue weighted by Crippen LogP contribution is -2.31. The lowest BCUT2D eigenvalue weighted by atomic mass is 9.74. The fourth-order valence-corrected chi connectivity index (χ4v) is 6.95. The first-order chi connectivity index (χ1) is 22.5. The maximum Gasteiger partial charge on any atom is 0.141 e. The topological polar surface area (TPSA) is 56.3 Å². The highest BCUT2D eigenvalue weighted by Crippen LogP contribution is 2.53. The molecule has 1 aliphatic heterocycles. The van der Waals surface area contributed by atoms with Crippen molar-refractivity contribution in [2.45, 2.75) is 19.3 Å². The zero-order valence-corrected chi connectivity index (χ0v) is 25.7. The van der Waals surface area contributed by atoms with E-state index in [0.717, 1.165) is 78.6 Å². The minimum absolute atomic E-state index is 0.272. The molecule has 0 saturated heterocycles. The molecule has 6 heteroatoms. The quantitative estimate of drug-likeness (QED) is 0.202. The summed E-state index contributed by atoms with van der Waals surface area (Å²) < 4.78 is 15.0. The zero-order valence-electron chi connectivity index (χ0n) is 25.7. The Balaban J connectivity index is 1.14. The lowest BCUT2D eigenvalue weighted by Gasteiger charge is -2.41. The van der Waals surface area contributed by atoms with Crippen LogP contribution in [0.4, 0.5) is 17.2 Å². The van der Waals surface area contributed by atoms with Crippen molar-refractivity contribution in [1.82, 2.24) is 14.5 Å². The Hall–Kier alpha value is -5.88. The van der Waals surface area contributed by atoms with Gasteiger partial charge in [0.15, 0.2) is 0 Å². The first kappa shape index (κ1) is 26.5. The van der Waals surface area contributed by atoms with Gasteiger partial charge >= 0.3 is 0 Å². The van der Waals surface area contributed by atoms with Gasteiger partial charge in [-0.15, -0.1) is 0 Å². The van der Waals surface area contributed by atoms with Crippen molar-refractivity contribution >= 4 is 50.2 Å². The third kappa shape index (κ3) is 3.96. The van der Waals surface area contributed by atoms with Crippen molar-refractivity contribution in [2.24, 2.45) is 7.05 Å². The summed E-state index contributed by atoms with van der Waals surface area (Å²) in [4.78, 5) is 12.0. The van der Waals surface area contributed by atoms with E-state index >= 15 is 0 Å². The Morgan fingerprint density at radius 1 is 0.696 bits per heavy atom.